The van der Waals surface area contributed by atoms with E-state index in [1.807, 2.05) is 50.2 Å². The number of carbonyl (C=O) groups is 2. The third kappa shape index (κ3) is 6.12. The molecule has 1 unspecified atom stereocenters. The van der Waals surface area contributed by atoms with Crippen LogP contribution in [0.3, 0.4) is 0 Å². The minimum absolute atomic E-state index is 0.211. The van der Waals surface area contributed by atoms with Crippen molar-refractivity contribution >= 4 is 40.9 Å². The summed E-state index contributed by atoms with van der Waals surface area (Å²) in [4.78, 5) is 27.2. The van der Waals surface area contributed by atoms with Crippen LogP contribution in [0.15, 0.2) is 78.5 Å². The maximum absolute atomic E-state index is 13.2. The second-order valence-electron chi connectivity index (χ2n) is 8.43. The second-order valence-corrected chi connectivity index (χ2v) is 8.81. The molecule has 4 rings (SSSR count). The van der Waals surface area contributed by atoms with Gasteiger partial charge in [-0.1, -0.05) is 48.5 Å². The van der Waals surface area contributed by atoms with Gasteiger partial charge in [0.1, 0.15) is 11.4 Å². The van der Waals surface area contributed by atoms with Crippen LogP contribution in [-0.2, 0) is 9.59 Å². The highest BCUT2D eigenvalue weighted by Crippen LogP contribution is 2.31. The smallest absolute Gasteiger partial charge is 0.277 e. The number of methoxy groups -OCH3 is 1. The Kier molecular flexibility index (Phi) is 8.60. The van der Waals surface area contributed by atoms with Crippen molar-refractivity contribution in [1.29, 1.82) is 0 Å². The number of carbonyl (C=O) groups excluding carboxylic acids is 2. The van der Waals surface area contributed by atoms with Crippen LogP contribution < -0.4 is 24.8 Å². The van der Waals surface area contributed by atoms with E-state index in [1.54, 1.807) is 47.4 Å². The first-order chi connectivity index (χ1) is 18.4. The number of anilines is 1. The molecule has 8 nitrogen and oxygen atoms in total. The highest BCUT2D eigenvalue weighted by molar-refractivity contribution is 7.80. The SMILES string of the molecule is CCOc1cc(/C=C2\NC(=S)N(C(C)c3ccccc3)C2=O)ccc1OCC(=O)Nc1ccccc1OC. The van der Waals surface area contributed by atoms with Gasteiger partial charge in [0.15, 0.2) is 23.2 Å². The lowest BCUT2D eigenvalue weighted by molar-refractivity contribution is -0.123. The van der Waals surface area contributed by atoms with Crippen molar-refractivity contribution in [2.24, 2.45) is 0 Å². The Morgan fingerprint density at radius 3 is 2.50 bits per heavy atom. The molecule has 0 saturated carbocycles. The van der Waals surface area contributed by atoms with Gasteiger partial charge >= 0.3 is 0 Å². The van der Waals surface area contributed by atoms with Crippen molar-refractivity contribution in [3.05, 3.63) is 89.6 Å². The lowest BCUT2D eigenvalue weighted by Gasteiger charge is -2.23. The number of nitrogens with one attached hydrogen (secondary N) is 2. The van der Waals surface area contributed by atoms with Gasteiger partial charge in [0.05, 0.1) is 25.4 Å². The Labute approximate surface area is 227 Å². The zero-order chi connectivity index (χ0) is 27.1. The number of rotatable bonds is 10. The summed E-state index contributed by atoms with van der Waals surface area (Å²) in [5.41, 5.74) is 2.62. The summed E-state index contributed by atoms with van der Waals surface area (Å²) in [6, 6.07) is 21.9. The molecule has 0 aliphatic carbocycles. The average molecular weight is 532 g/mol. The minimum Gasteiger partial charge on any atom is -0.495 e. The van der Waals surface area contributed by atoms with Crippen LogP contribution in [0.2, 0.25) is 0 Å². The Balaban J connectivity index is 1.46. The largest absolute Gasteiger partial charge is 0.495 e. The number of amides is 2. The quantitative estimate of drug-likeness (QED) is 0.283. The molecule has 2 amide bonds. The van der Waals surface area contributed by atoms with E-state index in [4.69, 9.17) is 26.4 Å². The summed E-state index contributed by atoms with van der Waals surface area (Å²) >= 11 is 5.46. The molecule has 0 spiro atoms. The number of thiocarbonyl (C=S) groups is 1. The highest BCUT2D eigenvalue weighted by atomic mass is 32.1. The van der Waals surface area contributed by atoms with E-state index in [9.17, 15) is 9.59 Å². The van der Waals surface area contributed by atoms with Crippen molar-refractivity contribution < 1.29 is 23.8 Å². The van der Waals surface area contributed by atoms with Crippen LogP contribution in [0.5, 0.6) is 17.2 Å². The molecule has 1 aliphatic rings. The number of benzene rings is 3. The normalized spacial score (nSPS) is 14.7. The first-order valence-corrected chi connectivity index (χ1v) is 12.6. The van der Waals surface area contributed by atoms with Crippen LogP contribution >= 0.6 is 12.2 Å². The van der Waals surface area contributed by atoms with E-state index in [0.29, 0.717) is 45.9 Å². The molecule has 1 aliphatic heterocycles. The predicted molar refractivity (Wildman–Crippen MR) is 150 cm³/mol. The topological polar surface area (TPSA) is 89.1 Å². The van der Waals surface area contributed by atoms with Gasteiger partial charge < -0.3 is 24.8 Å². The zero-order valence-corrected chi connectivity index (χ0v) is 22.2. The molecule has 196 valence electrons. The molecule has 9 heteroatoms. The van der Waals surface area contributed by atoms with E-state index >= 15 is 0 Å². The van der Waals surface area contributed by atoms with E-state index in [0.717, 1.165) is 5.56 Å². The molecular formula is C29H29N3O5S. The van der Waals surface area contributed by atoms with E-state index in [-0.39, 0.29) is 24.5 Å². The molecule has 3 aromatic carbocycles. The Hall–Kier alpha value is -4.37. The zero-order valence-electron chi connectivity index (χ0n) is 21.4. The number of nitrogens with zero attached hydrogens (tertiary/aromatic N) is 1. The lowest BCUT2D eigenvalue weighted by Crippen LogP contribution is -2.33. The summed E-state index contributed by atoms with van der Waals surface area (Å²) in [6.45, 7) is 3.97. The first kappa shape index (κ1) is 26.7. The van der Waals surface area contributed by atoms with Gasteiger partial charge in [0, 0.05) is 0 Å². The van der Waals surface area contributed by atoms with Crippen molar-refractivity contribution in [2.75, 3.05) is 25.6 Å². The number of para-hydroxylation sites is 2. The third-order valence-corrected chi connectivity index (χ3v) is 6.20. The third-order valence-electron chi connectivity index (χ3n) is 5.90. The number of hydrogen-bond donors (Lipinski definition) is 2. The summed E-state index contributed by atoms with van der Waals surface area (Å²) in [6.07, 6.45) is 1.72. The Morgan fingerprint density at radius 1 is 1.03 bits per heavy atom. The molecule has 0 aromatic heterocycles. The molecule has 3 aromatic rings. The molecule has 0 radical (unpaired) electrons. The fraction of sp³-hybridized carbons (Fsp3) is 0.207. The fourth-order valence-corrected chi connectivity index (χ4v) is 4.38. The summed E-state index contributed by atoms with van der Waals surface area (Å²) in [5, 5.41) is 6.15. The van der Waals surface area contributed by atoms with Gasteiger partial charge in [-0.3, -0.25) is 14.5 Å². The van der Waals surface area contributed by atoms with Gasteiger partial charge in [-0.05, 0) is 67.5 Å². The molecule has 38 heavy (non-hydrogen) atoms. The lowest BCUT2D eigenvalue weighted by atomic mass is 10.1. The van der Waals surface area contributed by atoms with Crippen molar-refractivity contribution in [3.63, 3.8) is 0 Å². The summed E-state index contributed by atoms with van der Waals surface area (Å²) in [5.74, 6) is 0.862. The molecule has 1 fully saturated rings. The molecule has 1 atom stereocenters. The van der Waals surface area contributed by atoms with Gasteiger partial charge in [-0.25, -0.2) is 0 Å². The Bertz CT molecular complexity index is 1360. The maximum Gasteiger partial charge on any atom is 0.277 e. The fourth-order valence-electron chi connectivity index (χ4n) is 4.03. The maximum atomic E-state index is 13.2. The molecular weight excluding hydrogens is 502 g/mol. The van der Waals surface area contributed by atoms with Crippen molar-refractivity contribution in [1.82, 2.24) is 10.2 Å². The standard InChI is InChI=1S/C29H29N3O5S/c1-4-36-26-17-20(14-15-25(26)37-18-27(33)30-22-12-8-9-13-24(22)35-3)16-23-28(34)32(29(38)31-23)19(2)21-10-6-5-7-11-21/h5-17,19H,4,18H2,1-3H3,(H,30,33)(H,31,38)/b23-16-. The van der Waals surface area contributed by atoms with Crippen molar-refractivity contribution in [2.45, 2.75) is 19.9 Å². The van der Waals surface area contributed by atoms with Crippen LogP contribution in [0.4, 0.5) is 5.69 Å². The molecule has 2 N–H and O–H groups in total. The van der Waals surface area contributed by atoms with E-state index in [2.05, 4.69) is 10.6 Å². The van der Waals surface area contributed by atoms with E-state index < -0.39 is 0 Å². The van der Waals surface area contributed by atoms with Gasteiger partial charge in [-0.2, -0.15) is 0 Å². The molecule has 1 saturated heterocycles. The van der Waals surface area contributed by atoms with Crippen LogP contribution in [-0.4, -0.2) is 42.2 Å². The summed E-state index contributed by atoms with van der Waals surface area (Å²) < 4.78 is 16.8. The average Bonchev–Trinajstić information content (AvgIpc) is 3.20. The summed E-state index contributed by atoms with van der Waals surface area (Å²) in [7, 11) is 1.54. The molecule has 1 heterocycles. The van der Waals surface area contributed by atoms with Crippen LogP contribution in [0.25, 0.3) is 6.08 Å². The van der Waals surface area contributed by atoms with Crippen LogP contribution in [0, 0.1) is 0 Å². The van der Waals surface area contributed by atoms with Crippen LogP contribution in [0.1, 0.15) is 31.0 Å². The monoisotopic (exact) mass is 531 g/mol. The highest BCUT2D eigenvalue weighted by Gasteiger charge is 2.34. The minimum atomic E-state index is -0.343. The van der Waals surface area contributed by atoms with Gasteiger partial charge in [0.25, 0.3) is 11.8 Å². The second kappa shape index (κ2) is 12.2. The first-order valence-electron chi connectivity index (χ1n) is 12.1. The number of hydrogen-bond acceptors (Lipinski definition) is 6. The van der Waals surface area contributed by atoms with Gasteiger partial charge in [0.2, 0.25) is 0 Å². The van der Waals surface area contributed by atoms with E-state index in [1.165, 1.54) is 7.11 Å². The van der Waals surface area contributed by atoms with Gasteiger partial charge in [-0.15, -0.1) is 0 Å². The Morgan fingerprint density at radius 2 is 1.76 bits per heavy atom. The molecule has 0 bridgehead atoms. The predicted octanol–water partition coefficient (Wildman–Crippen LogP) is 4.93. The van der Waals surface area contributed by atoms with Crippen molar-refractivity contribution in [3.8, 4) is 17.2 Å². The number of ether oxygens (including phenoxy) is 3.